The third-order valence-corrected chi connectivity index (χ3v) is 4.82. The minimum Gasteiger partial charge on any atom is -0.378 e. The maximum Gasteiger partial charge on any atom is 0.126 e. The lowest BCUT2D eigenvalue weighted by Crippen LogP contribution is -2.36. The van der Waals surface area contributed by atoms with Crippen LogP contribution in [-0.2, 0) is 18.2 Å². The molecule has 23 heavy (non-hydrogen) atoms. The van der Waals surface area contributed by atoms with Crippen LogP contribution in [0.4, 0.5) is 11.5 Å². The summed E-state index contributed by atoms with van der Waals surface area (Å²) in [5.41, 5.74) is 3.83. The first-order valence-electron chi connectivity index (χ1n) is 8.37. The van der Waals surface area contributed by atoms with Gasteiger partial charge in [-0.05, 0) is 31.4 Å². The van der Waals surface area contributed by atoms with E-state index in [2.05, 4.69) is 32.4 Å². The number of ether oxygens (including phenoxy) is 1. The van der Waals surface area contributed by atoms with Gasteiger partial charge in [0.25, 0.3) is 0 Å². The number of aromatic nitrogens is 3. The molecule has 2 aromatic heterocycles. The van der Waals surface area contributed by atoms with Crippen LogP contribution in [0.15, 0.2) is 24.5 Å². The van der Waals surface area contributed by atoms with Crippen molar-refractivity contribution in [1.29, 1.82) is 0 Å². The molecule has 1 fully saturated rings. The molecule has 1 aliphatic heterocycles. The first-order chi connectivity index (χ1) is 11.3. The highest BCUT2D eigenvalue weighted by Crippen LogP contribution is 2.31. The van der Waals surface area contributed by atoms with Gasteiger partial charge in [-0.3, -0.25) is 4.68 Å². The fourth-order valence-corrected chi connectivity index (χ4v) is 3.51. The molecule has 4 rings (SSSR count). The van der Waals surface area contributed by atoms with E-state index < -0.39 is 0 Å². The number of hydrogen-bond donors (Lipinski definition) is 1. The Kier molecular flexibility index (Phi) is 3.91. The number of anilines is 2. The molecule has 0 radical (unpaired) electrons. The highest BCUT2D eigenvalue weighted by Gasteiger charge is 2.23. The normalized spacial score (nSPS) is 21.1. The van der Waals surface area contributed by atoms with Crippen molar-refractivity contribution in [3.63, 3.8) is 0 Å². The molecule has 2 aromatic rings. The number of fused-ring (bicyclic) bond motifs is 1. The van der Waals surface area contributed by atoms with Crippen LogP contribution in [0.1, 0.15) is 30.1 Å². The predicted molar refractivity (Wildman–Crippen MR) is 89.8 cm³/mol. The van der Waals surface area contributed by atoms with E-state index in [1.54, 1.807) is 0 Å². The Morgan fingerprint density at radius 2 is 2.09 bits per heavy atom. The lowest BCUT2D eigenvalue weighted by Gasteiger charge is -2.29. The summed E-state index contributed by atoms with van der Waals surface area (Å²) >= 11 is 0. The maximum atomic E-state index is 5.40. The van der Waals surface area contributed by atoms with Crippen molar-refractivity contribution in [3.8, 4) is 0 Å². The Bertz CT molecular complexity index is 660. The third kappa shape index (κ3) is 2.91. The summed E-state index contributed by atoms with van der Waals surface area (Å²) in [6.45, 7) is 3.48. The summed E-state index contributed by atoms with van der Waals surface area (Å²) in [6, 6.07) is 4.54. The molecule has 0 saturated carbocycles. The largest absolute Gasteiger partial charge is 0.378 e. The average molecular weight is 313 g/mol. The van der Waals surface area contributed by atoms with E-state index >= 15 is 0 Å². The van der Waals surface area contributed by atoms with Gasteiger partial charge < -0.3 is 15.0 Å². The van der Waals surface area contributed by atoms with Crippen LogP contribution in [0, 0.1) is 0 Å². The van der Waals surface area contributed by atoms with Crippen molar-refractivity contribution in [2.24, 2.45) is 7.05 Å². The second-order valence-corrected chi connectivity index (χ2v) is 6.26. The molecule has 122 valence electrons. The van der Waals surface area contributed by atoms with Crippen molar-refractivity contribution in [1.82, 2.24) is 14.8 Å². The highest BCUT2D eigenvalue weighted by atomic mass is 16.5. The standard InChI is InChI=1S/C17H23N5O/c1-21-16-4-2-3-15(14(16)12-19-21)20-17-6-5-13(11-18-17)22-7-9-23-10-8-22/h5-6,11-12,15H,2-4,7-10H2,1H3,(H,18,20). The van der Waals surface area contributed by atoms with Crippen LogP contribution in [-0.4, -0.2) is 41.1 Å². The predicted octanol–water partition coefficient (Wildman–Crippen LogP) is 2.14. The van der Waals surface area contributed by atoms with Gasteiger partial charge in [0.15, 0.2) is 0 Å². The van der Waals surface area contributed by atoms with Gasteiger partial charge in [-0.2, -0.15) is 5.10 Å². The van der Waals surface area contributed by atoms with E-state index in [0.29, 0.717) is 6.04 Å². The number of hydrogen-bond acceptors (Lipinski definition) is 5. The Morgan fingerprint density at radius 3 is 2.87 bits per heavy atom. The van der Waals surface area contributed by atoms with E-state index in [1.807, 2.05) is 24.1 Å². The minimum atomic E-state index is 0.314. The molecule has 1 atom stereocenters. The summed E-state index contributed by atoms with van der Waals surface area (Å²) in [5, 5.41) is 7.98. The van der Waals surface area contributed by atoms with Gasteiger partial charge in [0.05, 0.1) is 37.3 Å². The van der Waals surface area contributed by atoms with Crippen LogP contribution < -0.4 is 10.2 Å². The van der Waals surface area contributed by atoms with Crippen LogP contribution in [0.3, 0.4) is 0 Å². The van der Waals surface area contributed by atoms with Gasteiger partial charge in [-0.15, -0.1) is 0 Å². The van der Waals surface area contributed by atoms with E-state index in [1.165, 1.54) is 23.4 Å². The molecule has 3 heterocycles. The molecule has 0 bridgehead atoms. The Labute approximate surface area is 136 Å². The number of nitrogens with zero attached hydrogens (tertiary/aromatic N) is 4. The lowest BCUT2D eigenvalue weighted by atomic mass is 9.93. The van der Waals surface area contributed by atoms with Crippen molar-refractivity contribution in [3.05, 3.63) is 35.8 Å². The molecular formula is C17H23N5O. The molecule has 0 spiro atoms. The molecule has 2 aliphatic rings. The zero-order chi connectivity index (χ0) is 15.6. The second-order valence-electron chi connectivity index (χ2n) is 6.26. The molecule has 0 aromatic carbocycles. The molecular weight excluding hydrogens is 290 g/mol. The summed E-state index contributed by atoms with van der Waals surface area (Å²) < 4.78 is 7.40. The molecule has 1 aliphatic carbocycles. The smallest absolute Gasteiger partial charge is 0.126 e. The minimum absolute atomic E-state index is 0.314. The van der Waals surface area contributed by atoms with Gasteiger partial charge in [0.2, 0.25) is 0 Å². The third-order valence-electron chi connectivity index (χ3n) is 4.82. The zero-order valence-electron chi connectivity index (χ0n) is 13.5. The molecule has 6 nitrogen and oxygen atoms in total. The lowest BCUT2D eigenvalue weighted by molar-refractivity contribution is 0.122. The number of nitrogens with one attached hydrogen (secondary N) is 1. The fourth-order valence-electron chi connectivity index (χ4n) is 3.51. The quantitative estimate of drug-likeness (QED) is 0.941. The van der Waals surface area contributed by atoms with Crippen molar-refractivity contribution in [2.75, 3.05) is 36.5 Å². The molecule has 6 heteroatoms. The first-order valence-corrected chi connectivity index (χ1v) is 8.37. The highest BCUT2D eigenvalue weighted by molar-refractivity contribution is 5.50. The maximum absolute atomic E-state index is 5.40. The first kappa shape index (κ1) is 14.5. The number of morpholine rings is 1. The molecule has 1 unspecified atom stereocenters. The van der Waals surface area contributed by atoms with E-state index in [4.69, 9.17) is 4.74 Å². The van der Waals surface area contributed by atoms with Gasteiger partial charge in [0, 0.05) is 31.4 Å². The number of rotatable bonds is 3. The monoisotopic (exact) mass is 313 g/mol. The summed E-state index contributed by atoms with van der Waals surface area (Å²) in [5.74, 6) is 0.934. The van der Waals surface area contributed by atoms with E-state index in [0.717, 1.165) is 45.0 Å². The number of aryl methyl sites for hydroxylation is 1. The SMILES string of the molecule is Cn1ncc2c1CCCC2Nc1ccc(N2CCOCC2)cn1. The van der Waals surface area contributed by atoms with E-state index in [-0.39, 0.29) is 0 Å². The van der Waals surface area contributed by atoms with Crippen LogP contribution in [0.2, 0.25) is 0 Å². The van der Waals surface area contributed by atoms with Crippen molar-refractivity contribution < 1.29 is 4.74 Å². The molecule has 1 saturated heterocycles. The molecule has 0 amide bonds. The van der Waals surface area contributed by atoms with Gasteiger partial charge >= 0.3 is 0 Å². The van der Waals surface area contributed by atoms with Crippen LogP contribution in [0.5, 0.6) is 0 Å². The topological polar surface area (TPSA) is 55.2 Å². The summed E-state index contributed by atoms with van der Waals surface area (Å²) in [6.07, 6.45) is 7.39. The van der Waals surface area contributed by atoms with Crippen molar-refractivity contribution >= 4 is 11.5 Å². The second kappa shape index (κ2) is 6.20. The average Bonchev–Trinajstić information content (AvgIpc) is 2.99. The van der Waals surface area contributed by atoms with Gasteiger partial charge in [0.1, 0.15) is 5.82 Å². The molecule has 1 N–H and O–H groups in total. The van der Waals surface area contributed by atoms with Gasteiger partial charge in [-0.25, -0.2) is 4.98 Å². The Balaban J connectivity index is 1.47. The fraction of sp³-hybridized carbons (Fsp3) is 0.529. The Morgan fingerprint density at radius 1 is 1.22 bits per heavy atom. The van der Waals surface area contributed by atoms with Gasteiger partial charge in [-0.1, -0.05) is 0 Å². The number of pyridine rings is 1. The Hall–Kier alpha value is -2.08. The van der Waals surface area contributed by atoms with Crippen LogP contribution in [0.25, 0.3) is 0 Å². The van der Waals surface area contributed by atoms with Crippen LogP contribution >= 0.6 is 0 Å². The summed E-state index contributed by atoms with van der Waals surface area (Å²) in [4.78, 5) is 6.93. The van der Waals surface area contributed by atoms with Crippen molar-refractivity contribution in [2.45, 2.75) is 25.3 Å². The summed E-state index contributed by atoms with van der Waals surface area (Å²) in [7, 11) is 2.02. The van der Waals surface area contributed by atoms with E-state index in [9.17, 15) is 0 Å². The zero-order valence-corrected chi connectivity index (χ0v) is 13.5.